The maximum absolute atomic E-state index is 13.0. The summed E-state index contributed by atoms with van der Waals surface area (Å²) in [7, 11) is 0. The second-order valence-corrected chi connectivity index (χ2v) is 7.38. The Balaban J connectivity index is 1.75. The van der Waals surface area contributed by atoms with E-state index in [0.717, 1.165) is 30.4 Å². The number of rotatable bonds is 4. The third-order valence-corrected chi connectivity index (χ3v) is 4.87. The van der Waals surface area contributed by atoms with Crippen molar-refractivity contribution in [3.8, 4) is 0 Å². The molecule has 1 atom stereocenters. The molecule has 1 aliphatic rings. The molecule has 3 rings (SSSR count). The average molecular weight is 344 g/mol. The molecule has 0 saturated heterocycles. The molecule has 136 valence electrons. The molecule has 1 amide bonds. The van der Waals surface area contributed by atoms with Gasteiger partial charge in [0.2, 0.25) is 5.91 Å². The smallest absolute Gasteiger partial charge is 0.245 e. The lowest BCUT2D eigenvalue weighted by Gasteiger charge is -2.26. The van der Waals surface area contributed by atoms with Gasteiger partial charge >= 0.3 is 0 Å². The van der Waals surface area contributed by atoms with Gasteiger partial charge in [0.1, 0.15) is 23.5 Å². The second-order valence-electron chi connectivity index (χ2n) is 7.38. The van der Waals surface area contributed by atoms with E-state index in [0.29, 0.717) is 24.9 Å². The lowest BCUT2D eigenvalue weighted by atomic mass is 10.2. The van der Waals surface area contributed by atoms with Crippen LogP contribution in [-0.4, -0.2) is 48.2 Å². The highest BCUT2D eigenvalue weighted by molar-refractivity contribution is 5.80. The molecule has 0 N–H and O–H groups in total. The predicted molar refractivity (Wildman–Crippen MR) is 95.4 cm³/mol. The Morgan fingerprint density at radius 2 is 1.72 bits per heavy atom. The molecule has 1 aliphatic heterocycles. The quantitative estimate of drug-likeness (QED) is 0.854. The summed E-state index contributed by atoms with van der Waals surface area (Å²) in [5, 5.41) is 8.64. The number of imidazole rings is 1. The summed E-state index contributed by atoms with van der Waals surface area (Å²) < 4.78 is 4.18. The first-order chi connectivity index (χ1) is 11.9. The van der Waals surface area contributed by atoms with Gasteiger partial charge in [-0.1, -0.05) is 27.7 Å². The van der Waals surface area contributed by atoms with Gasteiger partial charge in [-0.05, 0) is 6.92 Å². The van der Waals surface area contributed by atoms with Crippen LogP contribution in [0.25, 0.3) is 0 Å². The number of carbonyl (C=O) groups is 1. The molecule has 7 heteroatoms. The van der Waals surface area contributed by atoms with Crippen LogP contribution >= 0.6 is 0 Å². The van der Waals surface area contributed by atoms with E-state index >= 15 is 0 Å². The summed E-state index contributed by atoms with van der Waals surface area (Å²) in [6.45, 7) is 12.5. The van der Waals surface area contributed by atoms with Crippen molar-refractivity contribution in [2.24, 2.45) is 0 Å². The summed E-state index contributed by atoms with van der Waals surface area (Å²) in [6.07, 6.45) is 4.43. The standard InChI is InChI=1S/C18H28N6O/c1-12(2)16-19-7-9-23(16)14(5)18(25)22-8-6-15-20-21-17(13(3)4)24(15)11-10-22/h7,9,12-14H,6,8,10-11H2,1-5H3/t14-/m1/s1. The van der Waals surface area contributed by atoms with Crippen LogP contribution in [0.3, 0.4) is 0 Å². The van der Waals surface area contributed by atoms with Gasteiger partial charge in [-0.15, -0.1) is 10.2 Å². The molecule has 2 aromatic rings. The number of amides is 1. The van der Waals surface area contributed by atoms with Crippen LogP contribution in [0.5, 0.6) is 0 Å². The second kappa shape index (κ2) is 6.98. The number of nitrogens with zero attached hydrogens (tertiary/aromatic N) is 6. The van der Waals surface area contributed by atoms with Crippen LogP contribution in [0.2, 0.25) is 0 Å². The Kier molecular flexibility index (Phi) is 4.92. The van der Waals surface area contributed by atoms with Crippen molar-refractivity contribution < 1.29 is 4.79 Å². The molecule has 0 unspecified atom stereocenters. The van der Waals surface area contributed by atoms with Crippen LogP contribution < -0.4 is 0 Å². The highest BCUT2D eigenvalue weighted by atomic mass is 16.2. The van der Waals surface area contributed by atoms with Crippen molar-refractivity contribution in [3.63, 3.8) is 0 Å². The van der Waals surface area contributed by atoms with Crippen molar-refractivity contribution in [3.05, 3.63) is 29.9 Å². The van der Waals surface area contributed by atoms with Crippen LogP contribution in [0.1, 0.15) is 70.0 Å². The van der Waals surface area contributed by atoms with Crippen LogP contribution in [0.15, 0.2) is 12.4 Å². The minimum Gasteiger partial charge on any atom is -0.339 e. The van der Waals surface area contributed by atoms with Gasteiger partial charge in [-0.3, -0.25) is 4.79 Å². The van der Waals surface area contributed by atoms with Crippen molar-refractivity contribution in [1.82, 2.24) is 29.2 Å². The van der Waals surface area contributed by atoms with E-state index in [-0.39, 0.29) is 11.9 Å². The molecule has 3 heterocycles. The molecule has 7 nitrogen and oxygen atoms in total. The summed E-state index contributed by atoms with van der Waals surface area (Å²) in [4.78, 5) is 19.4. The van der Waals surface area contributed by atoms with Gasteiger partial charge in [0.25, 0.3) is 0 Å². The molecular formula is C18H28N6O. The minimum absolute atomic E-state index is 0.143. The number of carbonyl (C=O) groups excluding carboxylic acids is 1. The van der Waals surface area contributed by atoms with E-state index in [4.69, 9.17) is 0 Å². The lowest BCUT2D eigenvalue weighted by Crippen LogP contribution is -2.38. The fraction of sp³-hybridized carbons (Fsp3) is 0.667. The first-order valence-corrected chi connectivity index (χ1v) is 9.13. The van der Waals surface area contributed by atoms with Crippen LogP contribution in [0, 0.1) is 0 Å². The van der Waals surface area contributed by atoms with E-state index in [1.165, 1.54) is 0 Å². The van der Waals surface area contributed by atoms with Gasteiger partial charge in [0.05, 0.1) is 0 Å². The Morgan fingerprint density at radius 3 is 2.40 bits per heavy atom. The first kappa shape index (κ1) is 17.6. The molecule has 0 aliphatic carbocycles. The van der Waals surface area contributed by atoms with Crippen molar-refractivity contribution in [2.45, 2.75) is 65.5 Å². The SMILES string of the molecule is CC(C)c1nccn1[C@H](C)C(=O)N1CCc2nnc(C(C)C)n2CC1. The van der Waals surface area contributed by atoms with Gasteiger partial charge in [-0.2, -0.15) is 0 Å². The van der Waals surface area contributed by atoms with Gasteiger partial charge < -0.3 is 14.0 Å². The largest absolute Gasteiger partial charge is 0.339 e. The summed E-state index contributed by atoms with van der Waals surface area (Å²) >= 11 is 0. The maximum atomic E-state index is 13.0. The molecule has 0 fully saturated rings. The summed E-state index contributed by atoms with van der Waals surface area (Å²) in [6, 6.07) is -0.243. The molecular weight excluding hydrogens is 316 g/mol. The zero-order valence-corrected chi connectivity index (χ0v) is 15.8. The third kappa shape index (κ3) is 3.32. The normalized spacial score (nSPS) is 16.2. The molecule has 0 aromatic carbocycles. The fourth-order valence-electron chi connectivity index (χ4n) is 3.48. The minimum atomic E-state index is -0.243. The van der Waals surface area contributed by atoms with Crippen molar-refractivity contribution >= 4 is 5.91 Å². The highest BCUT2D eigenvalue weighted by Crippen LogP contribution is 2.21. The van der Waals surface area contributed by atoms with Crippen LogP contribution in [-0.2, 0) is 17.8 Å². The fourth-order valence-corrected chi connectivity index (χ4v) is 3.48. The molecule has 2 aromatic heterocycles. The van der Waals surface area contributed by atoms with E-state index in [2.05, 4.69) is 47.4 Å². The van der Waals surface area contributed by atoms with Crippen molar-refractivity contribution in [1.29, 1.82) is 0 Å². The van der Waals surface area contributed by atoms with E-state index < -0.39 is 0 Å². The monoisotopic (exact) mass is 344 g/mol. The Labute approximate surface area is 149 Å². The van der Waals surface area contributed by atoms with Crippen LogP contribution in [0.4, 0.5) is 0 Å². The summed E-state index contributed by atoms with van der Waals surface area (Å²) in [5.74, 6) is 3.71. The van der Waals surface area contributed by atoms with E-state index in [9.17, 15) is 4.79 Å². The third-order valence-electron chi connectivity index (χ3n) is 4.87. The lowest BCUT2D eigenvalue weighted by molar-refractivity contribution is -0.134. The summed E-state index contributed by atoms with van der Waals surface area (Å²) in [5.41, 5.74) is 0. The Morgan fingerprint density at radius 1 is 1.00 bits per heavy atom. The van der Waals surface area contributed by atoms with E-state index in [1.807, 2.05) is 22.6 Å². The van der Waals surface area contributed by atoms with Gasteiger partial charge in [0.15, 0.2) is 0 Å². The zero-order valence-electron chi connectivity index (χ0n) is 15.8. The Bertz CT molecular complexity index is 745. The maximum Gasteiger partial charge on any atom is 0.245 e. The molecule has 0 saturated carbocycles. The number of hydrogen-bond donors (Lipinski definition) is 0. The van der Waals surface area contributed by atoms with Gasteiger partial charge in [-0.25, -0.2) is 4.98 Å². The topological polar surface area (TPSA) is 68.8 Å². The average Bonchev–Trinajstić information content (AvgIpc) is 3.16. The number of hydrogen-bond acceptors (Lipinski definition) is 4. The molecule has 25 heavy (non-hydrogen) atoms. The molecule has 0 spiro atoms. The molecule has 0 bridgehead atoms. The first-order valence-electron chi connectivity index (χ1n) is 9.13. The zero-order chi connectivity index (χ0) is 18.1. The molecule has 0 radical (unpaired) electrons. The van der Waals surface area contributed by atoms with Crippen molar-refractivity contribution in [2.75, 3.05) is 13.1 Å². The Hall–Kier alpha value is -2.18. The highest BCUT2D eigenvalue weighted by Gasteiger charge is 2.27. The predicted octanol–water partition coefficient (Wildman–Crippen LogP) is 2.37. The van der Waals surface area contributed by atoms with Gasteiger partial charge in [0, 0.05) is 50.3 Å². The number of aromatic nitrogens is 5. The van der Waals surface area contributed by atoms with E-state index in [1.54, 1.807) is 6.20 Å². The number of fused-ring (bicyclic) bond motifs is 1.